The van der Waals surface area contributed by atoms with E-state index < -0.39 is 0 Å². The van der Waals surface area contributed by atoms with Crippen LogP contribution in [0.25, 0.3) is 28.2 Å². The van der Waals surface area contributed by atoms with Gasteiger partial charge in [0.15, 0.2) is 0 Å². The van der Waals surface area contributed by atoms with Crippen molar-refractivity contribution in [3.8, 4) is 0 Å². The van der Waals surface area contributed by atoms with Crippen molar-refractivity contribution in [1.29, 1.82) is 0 Å². The molecule has 0 radical (unpaired) electrons. The summed E-state index contributed by atoms with van der Waals surface area (Å²) in [5.74, 6) is 0. The molecule has 0 N–H and O–H groups in total. The van der Waals surface area contributed by atoms with Gasteiger partial charge in [-0.15, -0.1) is 0 Å². The number of anilines is 1. The molecule has 0 bridgehead atoms. The first-order valence-electron chi connectivity index (χ1n) is 14.6. The monoisotopic (exact) mass is 535 g/mol. The van der Waals surface area contributed by atoms with Gasteiger partial charge in [-0.2, -0.15) is 0 Å². The van der Waals surface area contributed by atoms with Crippen LogP contribution in [-0.2, 0) is 0 Å². The second-order valence-electron chi connectivity index (χ2n) is 10.8. The molecule has 0 saturated carbocycles. The highest BCUT2D eigenvalue weighted by Gasteiger charge is 2.27. The molecule has 0 amide bonds. The summed E-state index contributed by atoms with van der Waals surface area (Å²) in [5.41, 5.74) is 13.3. The molecular weight excluding hydrogens is 498 g/mol. The van der Waals surface area contributed by atoms with Gasteiger partial charge in [0.2, 0.25) is 0 Å². The lowest BCUT2D eigenvalue weighted by Gasteiger charge is -2.37. The summed E-state index contributed by atoms with van der Waals surface area (Å²) in [5, 5.41) is 2.30. The zero-order valence-corrected chi connectivity index (χ0v) is 24.3. The summed E-state index contributed by atoms with van der Waals surface area (Å²) in [6.45, 7) is 10.6. The molecule has 2 aromatic carbocycles. The Hall–Kier alpha value is -4.56. The minimum Gasteiger partial charge on any atom is -0.456 e. The third-order valence-electron chi connectivity index (χ3n) is 8.38. The minimum atomic E-state index is 0.800. The Labute approximate surface area is 243 Å². The fourth-order valence-corrected chi connectivity index (χ4v) is 6.34. The molecule has 1 aromatic heterocycles. The topological polar surface area (TPSA) is 16.4 Å². The summed E-state index contributed by atoms with van der Waals surface area (Å²) in [6, 6.07) is 17.1. The van der Waals surface area contributed by atoms with Gasteiger partial charge in [-0.05, 0) is 87.0 Å². The van der Waals surface area contributed by atoms with Gasteiger partial charge in [0, 0.05) is 33.1 Å². The van der Waals surface area contributed by atoms with E-state index in [9.17, 15) is 0 Å². The normalized spacial score (nSPS) is 17.7. The van der Waals surface area contributed by atoms with Crippen LogP contribution in [0.3, 0.4) is 0 Å². The van der Waals surface area contributed by atoms with Gasteiger partial charge in [0.25, 0.3) is 0 Å². The van der Waals surface area contributed by atoms with E-state index in [0.29, 0.717) is 0 Å². The number of nitrogens with zero attached hydrogens (tertiary/aromatic N) is 1. The molecule has 0 saturated heterocycles. The van der Waals surface area contributed by atoms with E-state index in [1.54, 1.807) is 0 Å². The van der Waals surface area contributed by atoms with Crippen LogP contribution in [0.4, 0.5) is 5.69 Å². The van der Waals surface area contributed by atoms with Crippen molar-refractivity contribution in [2.75, 3.05) is 4.90 Å². The van der Waals surface area contributed by atoms with E-state index >= 15 is 0 Å². The average Bonchev–Trinajstić information content (AvgIpc) is 3.23. The molecule has 0 fully saturated rings. The van der Waals surface area contributed by atoms with Gasteiger partial charge < -0.3 is 9.32 Å². The first-order valence-corrected chi connectivity index (χ1v) is 14.6. The Bertz CT molecular complexity index is 1880. The fourth-order valence-electron chi connectivity index (χ4n) is 6.34. The smallest absolute Gasteiger partial charge is 0.139 e. The lowest BCUT2D eigenvalue weighted by molar-refractivity contribution is 0.571. The third kappa shape index (κ3) is 4.85. The van der Waals surface area contributed by atoms with Crippen molar-refractivity contribution in [3.63, 3.8) is 0 Å². The van der Waals surface area contributed by atoms with Crippen LogP contribution in [0.15, 0.2) is 142 Å². The third-order valence-corrected chi connectivity index (χ3v) is 8.38. The summed E-state index contributed by atoms with van der Waals surface area (Å²) in [6.07, 6.45) is 25.8. The standard InChI is InChI=1S/C39H37NO/c1-5-7-18-31(27(3)32-19-9-10-22-35-34-21-12-15-25-38(34)41-39(32)35)33-20-11-14-24-37(33)40-28(4)29(16-6-2)26-30-17-8-13-23-36(30)40/h5-7,9-16,18,20-25H,1,8,17,19,26H2,2-4H3/b16-6-,18-7-,31-27-. The van der Waals surface area contributed by atoms with Crippen molar-refractivity contribution >= 4 is 33.9 Å². The second-order valence-corrected chi connectivity index (χ2v) is 10.8. The van der Waals surface area contributed by atoms with Crippen LogP contribution in [0.5, 0.6) is 0 Å². The maximum atomic E-state index is 6.54. The van der Waals surface area contributed by atoms with E-state index in [2.05, 4.69) is 123 Å². The molecule has 2 heteroatoms. The predicted octanol–water partition coefficient (Wildman–Crippen LogP) is 9.20. The van der Waals surface area contributed by atoms with E-state index in [4.69, 9.17) is 4.42 Å². The zero-order valence-electron chi connectivity index (χ0n) is 24.3. The highest BCUT2D eigenvalue weighted by molar-refractivity contribution is 5.93. The highest BCUT2D eigenvalue weighted by Crippen LogP contribution is 2.43. The molecule has 3 aliphatic rings. The number of allylic oxidation sites excluding steroid dienone is 14. The second kappa shape index (κ2) is 11.5. The lowest BCUT2D eigenvalue weighted by atomic mass is 9.87. The van der Waals surface area contributed by atoms with Crippen LogP contribution in [0.1, 0.15) is 52.0 Å². The Kier molecular flexibility index (Phi) is 7.48. The van der Waals surface area contributed by atoms with Gasteiger partial charge in [-0.3, -0.25) is 0 Å². The van der Waals surface area contributed by atoms with Crippen molar-refractivity contribution in [2.24, 2.45) is 0 Å². The van der Waals surface area contributed by atoms with Gasteiger partial charge in [-0.25, -0.2) is 0 Å². The first-order chi connectivity index (χ1) is 20.1. The number of hydrogen-bond acceptors (Lipinski definition) is 2. The molecule has 1 aliphatic heterocycles. The summed E-state index contributed by atoms with van der Waals surface area (Å²) >= 11 is 0. The SMILES string of the molecule is C=C/C=C\C(=C(/C)C1=c2oc3ccccc3c2=CC=CC1)c1ccccc1N1C(C)=C(/C=C\C)CC2=C1C=CCC2. The molecule has 0 atom stereocenters. The maximum absolute atomic E-state index is 6.54. The van der Waals surface area contributed by atoms with E-state index in [0.717, 1.165) is 47.3 Å². The maximum Gasteiger partial charge on any atom is 0.139 e. The molecule has 0 unspecified atom stereocenters. The van der Waals surface area contributed by atoms with Crippen molar-refractivity contribution in [2.45, 2.75) is 46.5 Å². The molecule has 2 nitrogen and oxygen atoms in total. The van der Waals surface area contributed by atoms with Crippen LogP contribution < -0.4 is 15.5 Å². The van der Waals surface area contributed by atoms with E-state index in [1.165, 1.54) is 50.5 Å². The first kappa shape index (κ1) is 26.7. The number of rotatable bonds is 6. The Balaban J connectivity index is 1.63. The molecule has 3 aromatic rings. The highest BCUT2D eigenvalue weighted by atomic mass is 16.3. The van der Waals surface area contributed by atoms with Gasteiger partial charge >= 0.3 is 0 Å². The van der Waals surface area contributed by atoms with Crippen molar-refractivity contribution in [3.05, 3.63) is 154 Å². The Morgan fingerprint density at radius 1 is 1.05 bits per heavy atom. The molecule has 204 valence electrons. The summed E-state index contributed by atoms with van der Waals surface area (Å²) in [7, 11) is 0. The molecule has 41 heavy (non-hydrogen) atoms. The van der Waals surface area contributed by atoms with E-state index in [-0.39, 0.29) is 0 Å². The minimum absolute atomic E-state index is 0.800. The number of benzene rings is 2. The Morgan fingerprint density at radius 3 is 2.73 bits per heavy atom. The van der Waals surface area contributed by atoms with E-state index in [1.807, 2.05) is 18.2 Å². The van der Waals surface area contributed by atoms with Gasteiger partial charge in [0.05, 0.1) is 5.69 Å². The van der Waals surface area contributed by atoms with Gasteiger partial charge in [0.1, 0.15) is 11.0 Å². The lowest BCUT2D eigenvalue weighted by Crippen LogP contribution is -2.27. The molecule has 0 spiro atoms. The summed E-state index contributed by atoms with van der Waals surface area (Å²) < 4.78 is 6.54. The zero-order chi connectivity index (χ0) is 28.3. The number of furan rings is 1. The molecular formula is C39H37NO. The van der Waals surface area contributed by atoms with Crippen LogP contribution in [-0.4, -0.2) is 0 Å². The number of hydrogen-bond donors (Lipinski definition) is 0. The van der Waals surface area contributed by atoms with Crippen molar-refractivity contribution < 1.29 is 4.42 Å². The fraction of sp³-hybridized carbons (Fsp3) is 0.179. The van der Waals surface area contributed by atoms with Crippen molar-refractivity contribution in [1.82, 2.24) is 0 Å². The number of para-hydroxylation sites is 2. The molecule has 6 rings (SSSR count). The predicted molar refractivity (Wildman–Crippen MR) is 175 cm³/mol. The molecule has 2 heterocycles. The average molecular weight is 536 g/mol. The number of fused-ring (bicyclic) bond motifs is 3. The van der Waals surface area contributed by atoms with Crippen LogP contribution in [0, 0.1) is 0 Å². The van der Waals surface area contributed by atoms with Crippen LogP contribution in [0.2, 0.25) is 0 Å². The van der Waals surface area contributed by atoms with Gasteiger partial charge in [-0.1, -0.05) is 97.7 Å². The molecule has 2 aliphatic carbocycles. The quantitative estimate of drug-likeness (QED) is 0.293. The Morgan fingerprint density at radius 2 is 1.88 bits per heavy atom. The largest absolute Gasteiger partial charge is 0.456 e. The summed E-state index contributed by atoms with van der Waals surface area (Å²) in [4.78, 5) is 2.48. The van der Waals surface area contributed by atoms with Crippen LogP contribution >= 0.6 is 0 Å².